The van der Waals surface area contributed by atoms with Gasteiger partial charge in [0.25, 0.3) is 5.91 Å². The third kappa shape index (κ3) is 4.03. The molecule has 0 aromatic rings. The molecule has 13 nitrogen and oxygen atoms in total. The van der Waals surface area contributed by atoms with Gasteiger partial charge in [-0.3, -0.25) is 19.5 Å². The van der Waals surface area contributed by atoms with Crippen LogP contribution in [0.1, 0.15) is 0 Å². The van der Waals surface area contributed by atoms with E-state index in [0.717, 1.165) is 16.8 Å². The fourth-order valence-electron chi connectivity index (χ4n) is 2.93. The SMILES string of the molecule is CON=C(C(N)=O)C1=CSC(N)N1NC(=O)OCC1C(=O)N2C(C(=O)O)=CCS[C@@H]12. The van der Waals surface area contributed by atoms with Crippen molar-refractivity contribution in [3.8, 4) is 0 Å². The summed E-state index contributed by atoms with van der Waals surface area (Å²) in [5.74, 6) is -2.76. The zero-order valence-corrected chi connectivity index (χ0v) is 17.1. The van der Waals surface area contributed by atoms with Crippen LogP contribution in [0.4, 0.5) is 4.79 Å². The zero-order chi connectivity index (χ0) is 22.0. The lowest BCUT2D eigenvalue weighted by Crippen LogP contribution is -2.62. The summed E-state index contributed by atoms with van der Waals surface area (Å²) in [6.07, 6.45) is 0.532. The number of carbonyl (C=O) groups excluding carboxylic acids is 3. The van der Waals surface area contributed by atoms with Crippen molar-refractivity contribution in [3.63, 3.8) is 0 Å². The lowest BCUT2D eigenvalue weighted by molar-refractivity contribution is -0.154. The minimum absolute atomic E-state index is 0.0734. The summed E-state index contributed by atoms with van der Waals surface area (Å²) < 4.78 is 5.12. The van der Waals surface area contributed by atoms with Crippen molar-refractivity contribution in [2.24, 2.45) is 22.5 Å². The van der Waals surface area contributed by atoms with Gasteiger partial charge in [0, 0.05) is 11.2 Å². The first kappa shape index (κ1) is 21.8. The maximum atomic E-state index is 12.3. The van der Waals surface area contributed by atoms with Gasteiger partial charge < -0.3 is 26.1 Å². The molecule has 3 heterocycles. The van der Waals surface area contributed by atoms with Crippen molar-refractivity contribution in [1.29, 1.82) is 0 Å². The Balaban J connectivity index is 1.59. The van der Waals surface area contributed by atoms with Gasteiger partial charge in [0.1, 0.15) is 36.5 Å². The number of carboxylic acid groups (broad SMARTS) is 1. The summed E-state index contributed by atoms with van der Waals surface area (Å²) in [6, 6.07) is 0. The van der Waals surface area contributed by atoms with Crippen LogP contribution < -0.4 is 16.9 Å². The molecular formula is C15H18N6O7S2. The summed E-state index contributed by atoms with van der Waals surface area (Å²) in [5.41, 5.74) is 12.5. The molecule has 162 valence electrons. The number of ether oxygens (including phenoxy) is 1. The monoisotopic (exact) mass is 458 g/mol. The van der Waals surface area contributed by atoms with Gasteiger partial charge in [0.05, 0.1) is 5.37 Å². The number of rotatable bonds is 7. The van der Waals surface area contributed by atoms with Crippen molar-refractivity contribution in [2.75, 3.05) is 19.5 Å². The average Bonchev–Trinajstić information content (AvgIpc) is 3.04. The number of fused-ring (bicyclic) bond motifs is 1. The highest BCUT2D eigenvalue weighted by molar-refractivity contribution is 8.02. The number of aliphatic carboxylic acids is 1. The standard InChI is InChI=1S/C15H18N6O7S2/c1-27-19-9(10(16)22)8-5-30-14(17)21(8)18-15(26)28-4-6-11(23)20-7(13(24)25)2-3-29-12(6)20/h2,5-6,12,14H,3-4,17H2,1H3,(H2,16,22)(H,18,26)(H,24,25)/t6?,12-,14?/m0/s1. The maximum absolute atomic E-state index is 12.3. The third-order valence-electron chi connectivity index (χ3n) is 4.27. The molecule has 1 saturated heterocycles. The van der Waals surface area contributed by atoms with Crippen LogP contribution in [0.15, 0.2) is 28.0 Å². The van der Waals surface area contributed by atoms with Gasteiger partial charge in [-0.2, -0.15) is 0 Å². The van der Waals surface area contributed by atoms with Gasteiger partial charge in [-0.1, -0.05) is 16.9 Å². The normalized spacial score (nSPS) is 25.6. The van der Waals surface area contributed by atoms with Crippen LogP contribution in [0.2, 0.25) is 0 Å². The van der Waals surface area contributed by atoms with E-state index in [4.69, 9.17) is 16.2 Å². The first-order valence-electron chi connectivity index (χ1n) is 8.39. The lowest BCUT2D eigenvalue weighted by Gasteiger charge is -2.47. The summed E-state index contributed by atoms with van der Waals surface area (Å²) in [7, 11) is 1.23. The van der Waals surface area contributed by atoms with E-state index >= 15 is 0 Å². The molecule has 3 aliphatic rings. The smallest absolute Gasteiger partial charge is 0.426 e. The molecule has 0 aliphatic carbocycles. The molecule has 6 N–H and O–H groups in total. The number of nitrogens with one attached hydrogen (secondary N) is 1. The first-order chi connectivity index (χ1) is 14.3. The molecule has 0 bridgehead atoms. The van der Waals surface area contributed by atoms with Crippen molar-refractivity contribution < 1.29 is 33.9 Å². The Morgan fingerprint density at radius 2 is 2.13 bits per heavy atom. The Kier molecular flexibility index (Phi) is 6.42. The van der Waals surface area contributed by atoms with Crippen LogP contribution >= 0.6 is 23.5 Å². The van der Waals surface area contributed by atoms with Crippen LogP contribution in [-0.2, 0) is 24.0 Å². The predicted octanol–water partition coefficient (Wildman–Crippen LogP) is -1.25. The Morgan fingerprint density at radius 3 is 2.77 bits per heavy atom. The minimum Gasteiger partial charge on any atom is -0.477 e. The maximum Gasteiger partial charge on any atom is 0.426 e. The predicted molar refractivity (Wildman–Crippen MR) is 106 cm³/mol. The molecule has 0 spiro atoms. The fraction of sp³-hybridized carbons (Fsp3) is 0.400. The number of β-lactam (4-membered cyclic amide) rings is 1. The van der Waals surface area contributed by atoms with E-state index in [0.29, 0.717) is 5.75 Å². The molecule has 0 saturated carbocycles. The second-order valence-corrected chi connectivity index (χ2v) is 8.17. The van der Waals surface area contributed by atoms with Crippen molar-refractivity contribution >= 4 is 53.1 Å². The number of carbonyl (C=O) groups is 4. The van der Waals surface area contributed by atoms with Crippen LogP contribution in [-0.4, -0.2) is 74.9 Å². The highest BCUT2D eigenvalue weighted by atomic mass is 32.2. The quantitative estimate of drug-likeness (QED) is 0.202. The molecule has 2 unspecified atom stereocenters. The summed E-state index contributed by atoms with van der Waals surface area (Å²) in [4.78, 5) is 53.1. The third-order valence-corrected chi connectivity index (χ3v) is 6.36. The molecule has 15 heteroatoms. The molecule has 0 radical (unpaired) electrons. The molecule has 3 aliphatic heterocycles. The Bertz CT molecular complexity index is 876. The number of hydrogen-bond acceptors (Lipinski definition) is 11. The second kappa shape index (κ2) is 8.85. The molecule has 3 amide bonds. The topological polar surface area (TPSA) is 190 Å². The molecule has 3 rings (SSSR count). The zero-order valence-electron chi connectivity index (χ0n) is 15.5. The van der Waals surface area contributed by atoms with E-state index in [2.05, 4.69) is 15.4 Å². The highest BCUT2D eigenvalue weighted by Gasteiger charge is 2.52. The lowest BCUT2D eigenvalue weighted by atomic mass is 9.97. The Morgan fingerprint density at radius 1 is 1.40 bits per heavy atom. The van der Waals surface area contributed by atoms with E-state index in [1.807, 2.05) is 0 Å². The largest absolute Gasteiger partial charge is 0.477 e. The van der Waals surface area contributed by atoms with E-state index in [1.165, 1.54) is 35.3 Å². The molecule has 3 atom stereocenters. The number of amides is 3. The fourth-order valence-corrected chi connectivity index (χ4v) is 4.95. The van der Waals surface area contributed by atoms with Crippen molar-refractivity contribution in [3.05, 3.63) is 22.9 Å². The van der Waals surface area contributed by atoms with Crippen LogP contribution in [0.5, 0.6) is 0 Å². The number of nitrogens with zero attached hydrogens (tertiary/aromatic N) is 3. The Labute approximate surface area is 178 Å². The number of oxime groups is 1. The van der Waals surface area contributed by atoms with E-state index in [1.54, 1.807) is 0 Å². The van der Waals surface area contributed by atoms with Gasteiger partial charge >= 0.3 is 12.1 Å². The average molecular weight is 458 g/mol. The van der Waals surface area contributed by atoms with Crippen LogP contribution in [0, 0.1) is 5.92 Å². The van der Waals surface area contributed by atoms with Gasteiger partial charge in [-0.05, 0) is 6.08 Å². The molecule has 1 fully saturated rings. The summed E-state index contributed by atoms with van der Waals surface area (Å²) in [6.45, 7) is -0.254. The number of carboxylic acids is 1. The highest BCUT2D eigenvalue weighted by Crippen LogP contribution is 2.41. The number of primary amides is 1. The van der Waals surface area contributed by atoms with E-state index in [-0.39, 0.29) is 23.7 Å². The van der Waals surface area contributed by atoms with E-state index < -0.39 is 40.7 Å². The van der Waals surface area contributed by atoms with Crippen LogP contribution in [0.3, 0.4) is 0 Å². The molecule has 30 heavy (non-hydrogen) atoms. The number of nitrogens with two attached hydrogens (primary N) is 2. The van der Waals surface area contributed by atoms with Gasteiger partial charge in [-0.15, -0.1) is 11.8 Å². The van der Waals surface area contributed by atoms with Crippen molar-refractivity contribution in [1.82, 2.24) is 15.3 Å². The Hall–Kier alpha value is -2.91. The molecule has 0 aromatic carbocycles. The van der Waals surface area contributed by atoms with Gasteiger partial charge in [-0.25, -0.2) is 15.0 Å². The molecule has 0 aromatic heterocycles. The number of hydrazine groups is 1. The van der Waals surface area contributed by atoms with Gasteiger partial charge in [0.2, 0.25) is 5.91 Å². The number of thioether (sulfide) groups is 2. The minimum atomic E-state index is -1.19. The number of hydrogen-bond donors (Lipinski definition) is 4. The molecular weight excluding hydrogens is 440 g/mol. The summed E-state index contributed by atoms with van der Waals surface area (Å²) in [5, 5.41) is 14.9. The second-order valence-electron chi connectivity index (χ2n) is 6.03. The van der Waals surface area contributed by atoms with Crippen LogP contribution in [0.25, 0.3) is 0 Å². The van der Waals surface area contributed by atoms with Gasteiger partial charge in [0.15, 0.2) is 5.71 Å². The van der Waals surface area contributed by atoms with E-state index in [9.17, 15) is 24.3 Å². The van der Waals surface area contributed by atoms with Crippen molar-refractivity contribution in [2.45, 2.75) is 10.9 Å². The summed E-state index contributed by atoms with van der Waals surface area (Å²) >= 11 is 2.46. The first-order valence-corrected chi connectivity index (χ1v) is 10.4.